The zero-order valence-electron chi connectivity index (χ0n) is 13.6. The van der Waals surface area contributed by atoms with E-state index < -0.39 is 0 Å². The number of hydrogen-bond donors (Lipinski definition) is 3. The molecule has 0 atom stereocenters. The quantitative estimate of drug-likeness (QED) is 0.540. The molecule has 0 fully saturated rings. The van der Waals surface area contributed by atoms with E-state index in [1.165, 1.54) is 5.56 Å². The third-order valence-electron chi connectivity index (χ3n) is 4.19. The van der Waals surface area contributed by atoms with Gasteiger partial charge in [-0.2, -0.15) is 0 Å². The molecule has 1 amide bonds. The monoisotopic (exact) mass is 318 g/mol. The Morgan fingerprint density at radius 1 is 1.08 bits per heavy atom. The maximum absolute atomic E-state index is 12.4. The van der Waals surface area contributed by atoms with Crippen molar-refractivity contribution in [3.8, 4) is 0 Å². The first-order chi connectivity index (χ1) is 11.6. The molecule has 120 valence electrons. The summed E-state index contributed by atoms with van der Waals surface area (Å²) in [5, 5.41) is 3.99. The largest absolute Gasteiger partial charge is 0.351 e. The Bertz CT molecular complexity index is 1020. The van der Waals surface area contributed by atoms with Crippen LogP contribution in [0.25, 0.3) is 21.9 Å². The number of carbonyl (C=O) groups is 1. The summed E-state index contributed by atoms with van der Waals surface area (Å²) in [6, 6.07) is 13.9. The fraction of sp³-hybridized carbons (Fsp3) is 0.158. The Kier molecular flexibility index (Phi) is 3.34. The van der Waals surface area contributed by atoms with E-state index in [1.807, 2.05) is 30.3 Å². The second-order valence-electron chi connectivity index (χ2n) is 6.11. The molecule has 4 rings (SSSR count). The summed E-state index contributed by atoms with van der Waals surface area (Å²) in [6.45, 7) is 4.47. The predicted octanol–water partition coefficient (Wildman–Crippen LogP) is 3.59. The van der Waals surface area contributed by atoms with E-state index >= 15 is 0 Å². The highest BCUT2D eigenvalue weighted by molar-refractivity contribution is 5.99. The minimum Gasteiger partial charge on any atom is -0.351 e. The molecule has 2 aromatic carbocycles. The Hall–Kier alpha value is -3.08. The van der Waals surface area contributed by atoms with Gasteiger partial charge in [0.2, 0.25) is 0 Å². The number of H-pyrrole nitrogens is 2. The molecule has 0 bridgehead atoms. The van der Waals surface area contributed by atoms with E-state index in [9.17, 15) is 4.79 Å². The molecular formula is C19H18N4O. The van der Waals surface area contributed by atoms with Crippen LogP contribution in [0.4, 0.5) is 0 Å². The van der Waals surface area contributed by atoms with Crippen LogP contribution in [0.2, 0.25) is 0 Å². The number of aryl methyl sites for hydroxylation is 2. The lowest BCUT2D eigenvalue weighted by molar-refractivity contribution is 0.0946. The average molecular weight is 318 g/mol. The molecule has 0 spiro atoms. The molecule has 0 aliphatic carbocycles. The summed E-state index contributed by atoms with van der Waals surface area (Å²) in [6.07, 6.45) is 0. The van der Waals surface area contributed by atoms with Gasteiger partial charge in [-0.05, 0) is 49.2 Å². The third kappa shape index (κ3) is 2.54. The van der Waals surface area contributed by atoms with Crippen molar-refractivity contribution in [2.24, 2.45) is 0 Å². The Morgan fingerprint density at radius 2 is 1.92 bits per heavy atom. The number of nitrogens with one attached hydrogen (secondary N) is 3. The first-order valence-electron chi connectivity index (χ1n) is 7.92. The second kappa shape index (κ2) is 5.53. The van der Waals surface area contributed by atoms with Crippen LogP contribution in [0.3, 0.4) is 0 Å². The summed E-state index contributed by atoms with van der Waals surface area (Å²) in [4.78, 5) is 23.3. The third-order valence-corrected chi connectivity index (χ3v) is 4.19. The number of imidazole rings is 1. The fourth-order valence-corrected chi connectivity index (χ4v) is 3.07. The molecular weight excluding hydrogens is 300 g/mol. The molecule has 3 N–H and O–H groups in total. The summed E-state index contributed by atoms with van der Waals surface area (Å²) in [7, 11) is 0. The SMILES string of the molecule is Cc1cc(C)c2cc(C(=O)NCc3nc4ccccc4[nH]3)[nH]c2c1. The fourth-order valence-electron chi connectivity index (χ4n) is 3.07. The van der Waals surface area contributed by atoms with Gasteiger partial charge in [0.1, 0.15) is 11.5 Å². The van der Waals surface area contributed by atoms with Crippen LogP contribution in [-0.4, -0.2) is 20.9 Å². The van der Waals surface area contributed by atoms with Gasteiger partial charge in [0.25, 0.3) is 5.91 Å². The maximum atomic E-state index is 12.4. The van der Waals surface area contributed by atoms with E-state index in [1.54, 1.807) is 0 Å². The number of rotatable bonds is 3. The van der Waals surface area contributed by atoms with Crippen LogP contribution < -0.4 is 5.32 Å². The van der Waals surface area contributed by atoms with Gasteiger partial charge in [0.15, 0.2) is 0 Å². The number of amides is 1. The maximum Gasteiger partial charge on any atom is 0.268 e. The van der Waals surface area contributed by atoms with E-state index in [4.69, 9.17) is 0 Å². The lowest BCUT2D eigenvalue weighted by atomic mass is 10.1. The molecule has 0 saturated carbocycles. The molecule has 2 heterocycles. The van der Waals surface area contributed by atoms with E-state index in [0.29, 0.717) is 12.2 Å². The molecule has 24 heavy (non-hydrogen) atoms. The molecule has 0 aliphatic heterocycles. The highest BCUT2D eigenvalue weighted by Crippen LogP contribution is 2.21. The van der Waals surface area contributed by atoms with Gasteiger partial charge in [-0.25, -0.2) is 4.98 Å². The number of para-hydroxylation sites is 2. The highest BCUT2D eigenvalue weighted by Gasteiger charge is 2.12. The summed E-state index contributed by atoms with van der Waals surface area (Å²) in [5.74, 6) is 0.608. The van der Waals surface area contributed by atoms with Crippen LogP contribution in [0.1, 0.15) is 27.4 Å². The number of fused-ring (bicyclic) bond motifs is 2. The van der Waals surface area contributed by atoms with Gasteiger partial charge in [0.05, 0.1) is 17.6 Å². The second-order valence-corrected chi connectivity index (χ2v) is 6.11. The summed E-state index contributed by atoms with van der Waals surface area (Å²) >= 11 is 0. The zero-order valence-corrected chi connectivity index (χ0v) is 13.6. The number of benzene rings is 2. The van der Waals surface area contributed by atoms with E-state index in [-0.39, 0.29) is 5.91 Å². The summed E-state index contributed by atoms with van der Waals surface area (Å²) < 4.78 is 0. The molecule has 2 aromatic heterocycles. The van der Waals surface area contributed by atoms with Crippen LogP contribution in [0.5, 0.6) is 0 Å². The Morgan fingerprint density at radius 3 is 2.75 bits per heavy atom. The van der Waals surface area contributed by atoms with Crippen molar-refractivity contribution in [1.82, 2.24) is 20.3 Å². The smallest absolute Gasteiger partial charge is 0.268 e. The van der Waals surface area contributed by atoms with Gasteiger partial charge >= 0.3 is 0 Å². The number of aromatic amines is 2. The van der Waals surface area contributed by atoms with Gasteiger partial charge < -0.3 is 15.3 Å². The van der Waals surface area contributed by atoms with Gasteiger partial charge in [0, 0.05) is 10.9 Å². The number of nitrogens with zero attached hydrogens (tertiary/aromatic N) is 1. The molecule has 4 aromatic rings. The van der Waals surface area contributed by atoms with Gasteiger partial charge in [-0.1, -0.05) is 18.2 Å². The van der Waals surface area contributed by atoms with Crippen molar-refractivity contribution < 1.29 is 4.79 Å². The number of hydrogen-bond acceptors (Lipinski definition) is 2. The minimum absolute atomic E-state index is 0.135. The molecule has 0 saturated heterocycles. The molecule has 0 aliphatic rings. The standard InChI is InChI=1S/C19H18N4O/c1-11-7-12(2)13-9-17(21-16(13)8-11)19(24)20-10-18-22-14-5-3-4-6-15(14)23-18/h3-9,21H,10H2,1-2H3,(H,20,24)(H,22,23). The summed E-state index contributed by atoms with van der Waals surface area (Å²) in [5.41, 5.74) is 5.77. The first-order valence-corrected chi connectivity index (χ1v) is 7.92. The Balaban J connectivity index is 1.54. The van der Waals surface area contributed by atoms with Crippen molar-refractivity contribution >= 4 is 27.8 Å². The topological polar surface area (TPSA) is 73.6 Å². The van der Waals surface area contributed by atoms with Crippen molar-refractivity contribution in [2.75, 3.05) is 0 Å². The van der Waals surface area contributed by atoms with Crippen LogP contribution in [-0.2, 0) is 6.54 Å². The highest BCUT2D eigenvalue weighted by atomic mass is 16.1. The lowest BCUT2D eigenvalue weighted by Crippen LogP contribution is -2.23. The number of aromatic nitrogens is 3. The normalized spacial score (nSPS) is 11.2. The zero-order chi connectivity index (χ0) is 16.7. The van der Waals surface area contributed by atoms with Gasteiger partial charge in [-0.3, -0.25) is 4.79 Å². The van der Waals surface area contributed by atoms with E-state index in [0.717, 1.165) is 33.3 Å². The van der Waals surface area contributed by atoms with Crippen molar-refractivity contribution in [3.63, 3.8) is 0 Å². The number of carbonyl (C=O) groups excluding carboxylic acids is 1. The first kappa shape index (κ1) is 14.5. The van der Waals surface area contributed by atoms with Crippen molar-refractivity contribution in [3.05, 3.63) is 65.1 Å². The van der Waals surface area contributed by atoms with Crippen LogP contribution >= 0.6 is 0 Å². The Labute approximate surface area is 139 Å². The van der Waals surface area contributed by atoms with Gasteiger partial charge in [-0.15, -0.1) is 0 Å². The predicted molar refractivity (Wildman–Crippen MR) is 95.0 cm³/mol. The molecule has 5 nitrogen and oxygen atoms in total. The lowest BCUT2D eigenvalue weighted by Gasteiger charge is -2.00. The molecule has 0 unspecified atom stereocenters. The van der Waals surface area contributed by atoms with Crippen molar-refractivity contribution in [2.45, 2.75) is 20.4 Å². The molecule has 5 heteroatoms. The van der Waals surface area contributed by atoms with Crippen molar-refractivity contribution in [1.29, 1.82) is 0 Å². The average Bonchev–Trinajstić information content (AvgIpc) is 3.15. The van der Waals surface area contributed by atoms with E-state index in [2.05, 4.69) is 46.2 Å². The van der Waals surface area contributed by atoms with Crippen LogP contribution in [0, 0.1) is 13.8 Å². The minimum atomic E-state index is -0.135. The van der Waals surface area contributed by atoms with Crippen LogP contribution in [0.15, 0.2) is 42.5 Å². The molecule has 0 radical (unpaired) electrons.